The van der Waals surface area contributed by atoms with Gasteiger partial charge in [-0.15, -0.1) is 0 Å². The second-order valence-electron chi connectivity index (χ2n) is 4.90. The van der Waals surface area contributed by atoms with Gasteiger partial charge in [0.05, 0.1) is 19.3 Å². The summed E-state index contributed by atoms with van der Waals surface area (Å²) >= 11 is 0. The molecular formula is C12H24N2O2. The molecule has 94 valence electrons. The molecule has 4 heteroatoms. The lowest BCUT2D eigenvalue weighted by Gasteiger charge is -2.35. The van der Waals surface area contributed by atoms with Crippen LogP contribution < -0.4 is 10.6 Å². The lowest BCUT2D eigenvalue weighted by Crippen LogP contribution is -2.49. The first-order valence-corrected chi connectivity index (χ1v) is 6.40. The molecule has 1 aliphatic heterocycles. The van der Waals surface area contributed by atoms with Crippen LogP contribution in [0, 0.1) is 5.92 Å². The Morgan fingerprint density at radius 2 is 2.06 bits per heavy atom. The third-order valence-corrected chi connectivity index (χ3v) is 3.76. The lowest BCUT2D eigenvalue weighted by atomic mass is 9.88. The Hall–Kier alpha value is -0.160. The Kier molecular flexibility index (Phi) is 4.58. The van der Waals surface area contributed by atoms with Gasteiger partial charge in [0.1, 0.15) is 0 Å². The summed E-state index contributed by atoms with van der Waals surface area (Å²) in [5.74, 6) is 0.626. The number of nitrogens with one attached hydrogen (secondary N) is 2. The summed E-state index contributed by atoms with van der Waals surface area (Å²) in [6, 6.07) is 1.20. The lowest BCUT2D eigenvalue weighted by molar-refractivity contribution is 0.0162. The van der Waals surface area contributed by atoms with Crippen molar-refractivity contribution in [3.05, 3.63) is 0 Å². The third kappa shape index (κ3) is 2.94. The van der Waals surface area contributed by atoms with Gasteiger partial charge in [-0.05, 0) is 19.4 Å². The average molecular weight is 228 g/mol. The molecule has 0 aromatic rings. The Bertz CT molecular complexity index is 207. The minimum Gasteiger partial charge on any atom is -0.381 e. The third-order valence-electron chi connectivity index (χ3n) is 3.76. The number of hydrogen-bond donors (Lipinski definition) is 2. The van der Waals surface area contributed by atoms with Crippen LogP contribution in [0.15, 0.2) is 0 Å². The van der Waals surface area contributed by atoms with Crippen LogP contribution in [0.5, 0.6) is 0 Å². The topological polar surface area (TPSA) is 42.5 Å². The van der Waals surface area contributed by atoms with Crippen LogP contribution in [0.4, 0.5) is 0 Å². The normalized spacial score (nSPS) is 38.6. The fourth-order valence-corrected chi connectivity index (χ4v) is 2.53. The molecule has 0 amide bonds. The van der Waals surface area contributed by atoms with Gasteiger partial charge in [0, 0.05) is 31.7 Å². The molecule has 1 aliphatic carbocycles. The van der Waals surface area contributed by atoms with Crippen LogP contribution in [-0.2, 0) is 9.47 Å². The van der Waals surface area contributed by atoms with Crippen molar-refractivity contribution in [3.8, 4) is 0 Å². The molecule has 4 nitrogen and oxygen atoms in total. The second-order valence-corrected chi connectivity index (χ2v) is 4.90. The average Bonchev–Trinajstić information content (AvgIpc) is 2.64. The van der Waals surface area contributed by atoms with Crippen LogP contribution in [0.2, 0.25) is 0 Å². The molecule has 0 aromatic heterocycles. The maximum absolute atomic E-state index is 5.52. The minimum atomic E-state index is 0.488. The van der Waals surface area contributed by atoms with Gasteiger partial charge < -0.3 is 20.1 Å². The van der Waals surface area contributed by atoms with E-state index in [1.54, 1.807) is 7.11 Å². The van der Waals surface area contributed by atoms with Crippen molar-refractivity contribution in [2.45, 2.75) is 38.0 Å². The van der Waals surface area contributed by atoms with Crippen molar-refractivity contribution in [2.75, 3.05) is 33.4 Å². The van der Waals surface area contributed by atoms with E-state index in [2.05, 4.69) is 17.6 Å². The van der Waals surface area contributed by atoms with Crippen LogP contribution in [0.1, 0.15) is 19.8 Å². The first kappa shape index (κ1) is 12.3. The van der Waals surface area contributed by atoms with Crippen LogP contribution >= 0.6 is 0 Å². The number of ether oxygens (including phenoxy) is 2. The fourth-order valence-electron chi connectivity index (χ4n) is 2.53. The van der Waals surface area contributed by atoms with Crippen LogP contribution in [0.3, 0.4) is 0 Å². The number of methoxy groups -OCH3 is 1. The van der Waals surface area contributed by atoms with Crippen molar-refractivity contribution in [1.29, 1.82) is 0 Å². The summed E-state index contributed by atoms with van der Waals surface area (Å²) in [7, 11) is 1.80. The van der Waals surface area contributed by atoms with Crippen molar-refractivity contribution in [1.82, 2.24) is 10.6 Å². The molecule has 0 spiro atoms. The predicted molar refractivity (Wildman–Crippen MR) is 63.6 cm³/mol. The summed E-state index contributed by atoms with van der Waals surface area (Å²) < 4.78 is 10.8. The number of rotatable bonds is 6. The summed E-state index contributed by atoms with van der Waals surface area (Å²) in [6.45, 7) is 6.01. The Morgan fingerprint density at radius 1 is 1.25 bits per heavy atom. The Labute approximate surface area is 98.1 Å². The van der Waals surface area contributed by atoms with Gasteiger partial charge in [0.15, 0.2) is 0 Å². The van der Waals surface area contributed by atoms with Crippen molar-refractivity contribution in [3.63, 3.8) is 0 Å². The summed E-state index contributed by atoms with van der Waals surface area (Å²) in [5, 5.41) is 7.10. The summed E-state index contributed by atoms with van der Waals surface area (Å²) in [6.07, 6.45) is 2.81. The second kappa shape index (κ2) is 5.96. The van der Waals surface area contributed by atoms with E-state index in [-0.39, 0.29) is 0 Å². The van der Waals surface area contributed by atoms with Gasteiger partial charge >= 0.3 is 0 Å². The molecule has 2 atom stereocenters. The molecule has 0 radical (unpaired) electrons. The monoisotopic (exact) mass is 228 g/mol. The largest absolute Gasteiger partial charge is 0.381 e. The van der Waals surface area contributed by atoms with E-state index in [1.807, 2.05) is 0 Å². The number of hydrogen-bond acceptors (Lipinski definition) is 4. The van der Waals surface area contributed by atoms with Crippen LogP contribution in [-0.4, -0.2) is 51.6 Å². The van der Waals surface area contributed by atoms with Crippen molar-refractivity contribution >= 4 is 0 Å². The van der Waals surface area contributed by atoms with Gasteiger partial charge in [0.25, 0.3) is 0 Å². The fraction of sp³-hybridized carbons (Fsp3) is 1.00. The molecule has 2 fully saturated rings. The van der Waals surface area contributed by atoms with Gasteiger partial charge in [-0.1, -0.05) is 6.92 Å². The van der Waals surface area contributed by atoms with E-state index in [0.29, 0.717) is 24.1 Å². The zero-order chi connectivity index (χ0) is 11.4. The van der Waals surface area contributed by atoms with E-state index in [0.717, 1.165) is 39.1 Å². The highest BCUT2D eigenvalue weighted by atomic mass is 16.5. The first-order chi connectivity index (χ1) is 7.83. The molecule has 1 heterocycles. The standard InChI is InChI=1S/C12H24N2O2/c1-3-13-12-8-16-7-9(12)6-14-10-4-11(5-10)15-2/h9-14H,3-8H2,1-2H3. The van der Waals surface area contributed by atoms with Crippen LogP contribution in [0.25, 0.3) is 0 Å². The van der Waals surface area contributed by atoms with Crippen molar-refractivity contribution in [2.24, 2.45) is 5.92 Å². The highest BCUT2D eigenvalue weighted by Crippen LogP contribution is 2.23. The highest BCUT2D eigenvalue weighted by Gasteiger charge is 2.32. The van der Waals surface area contributed by atoms with E-state index >= 15 is 0 Å². The molecule has 0 bridgehead atoms. The molecule has 1 saturated carbocycles. The summed E-state index contributed by atoms with van der Waals surface area (Å²) in [4.78, 5) is 0. The Morgan fingerprint density at radius 3 is 2.75 bits per heavy atom. The maximum Gasteiger partial charge on any atom is 0.0623 e. The zero-order valence-electron chi connectivity index (χ0n) is 10.4. The molecule has 2 unspecified atom stereocenters. The van der Waals surface area contributed by atoms with Crippen molar-refractivity contribution < 1.29 is 9.47 Å². The highest BCUT2D eigenvalue weighted by molar-refractivity contribution is 4.89. The van der Waals surface area contributed by atoms with Gasteiger partial charge in [0.2, 0.25) is 0 Å². The van der Waals surface area contributed by atoms with Gasteiger partial charge in [-0.25, -0.2) is 0 Å². The first-order valence-electron chi connectivity index (χ1n) is 6.40. The quantitative estimate of drug-likeness (QED) is 0.689. The minimum absolute atomic E-state index is 0.488. The molecule has 0 aromatic carbocycles. The molecule has 2 N–H and O–H groups in total. The molecule has 2 aliphatic rings. The van der Waals surface area contributed by atoms with E-state index in [1.165, 1.54) is 0 Å². The van der Waals surface area contributed by atoms with E-state index in [4.69, 9.17) is 9.47 Å². The molecule has 16 heavy (non-hydrogen) atoms. The van der Waals surface area contributed by atoms with Gasteiger partial charge in [-0.3, -0.25) is 0 Å². The molecule has 2 rings (SSSR count). The zero-order valence-corrected chi connectivity index (χ0v) is 10.4. The predicted octanol–water partition coefficient (Wildman–Crippen LogP) is 0.378. The Balaban J connectivity index is 1.62. The van der Waals surface area contributed by atoms with E-state index < -0.39 is 0 Å². The SMILES string of the molecule is CCNC1COCC1CNC1CC(OC)C1. The number of likely N-dealkylation sites (N-methyl/N-ethyl adjacent to an activating group) is 1. The molecular weight excluding hydrogens is 204 g/mol. The summed E-state index contributed by atoms with van der Waals surface area (Å²) in [5.41, 5.74) is 0. The maximum atomic E-state index is 5.52. The van der Waals surface area contributed by atoms with Gasteiger partial charge in [-0.2, -0.15) is 0 Å². The van der Waals surface area contributed by atoms with E-state index in [9.17, 15) is 0 Å². The smallest absolute Gasteiger partial charge is 0.0623 e. The molecule has 1 saturated heterocycles.